The number of aromatic nitrogens is 2. The maximum absolute atomic E-state index is 11.8. The van der Waals surface area contributed by atoms with Gasteiger partial charge in [0, 0.05) is 35.1 Å². The van der Waals surface area contributed by atoms with Crippen LogP contribution in [-0.2, 0) is 17.6 Å². The molecule has 0 saturated heterocycles. The van der Waals surface area contributed by atoms with Gasteiger partial charge >= 0.3 is 0 Å². The van der Waals surface area contributed by atoms with Crippen molar-refractivity contribution in [1.82, 2.24) is 10.3 Å². The first-order valence-corrected chi connectivity index (χ1v) is 12.8. The number of ketones is 2. The number of benzene rings is 2. The van der Waals surface area contributed by atoms with Gasteiger partial charge in [0.25, 0.3) is 0 Å². The normalized spacial score (nSPS) is 13.9. The standard InChI is InChI=1S/C15H14N2O4.C14H14N2O3/c1-20-13-7-9(5-6-11(13)16-8-18)14-10-3-2-4-12(19)15(10)21-17-14;1-18-12-7-8(5-6-10(12)15)13-9-3-2-4-11(17)14(9)19-16-13/h5-8H,2-4H2,1H3,(H,16,18);5-7H,2-4,15H2,1H3. The van der Waals surface area contributed by atoms with Gasteiger partial charge in [-0.15, -0.1) is 0 Å². The number of Topliss-reactive ketones (excluding diaryl/α,β-unsaturated/α-hetero) is 2. The third kappa shape index (κ3) is 5.05. The van der Waals surface area contributed by atoms with E-state index in [1.54, 1.807) is 25.3 Å². The zero-order chi connectivity index (χ0) is 28.2. The van der Waals surface area contributed by atoms with Gasteiger partial charge in [0.1, 0.15) is 22.9 Å². The second kappa shape index (κ2) is 11.4. The van der Waals surface area contributed by atoms with Crippen molar-refractivity contribution >= 4 is 29.4 Å². The Balaban J connectivity index is 0.000000162. The van der Waals surface area contributed by atoms with Gasteiger partial charge in [-0.05, 0) is 49.9 Å². The summed E-state index contributed by atoms with van der Waals surface area (Å²) in [4.78, 5) is 34.1. The molecule has 0 unspecified atom stereocenters. The summed E-state index contributed by atoms with van der Waals surface area (Å²) in [5, 5.41) is 10.6. The Morgan fingerprint density at radius 2 is 1.32 bits per heavy atom. The van der Waals surface area contributed by atoms with Crippen molar-refractivity contribution in [2.24, 2.45) is 0 Å². The molecule has 2 aliphatic rings. The number of carbonyl (C=O) groups is 3. The van der Waals surface area contributed by atoms with E-state index in [1.165, 1.54) is 7.11 Å². The molecule has 0 bridgehead atoms. The van der Waals surface area contributed by atoms with Gasteiger partial charge in [0.2, 0.25) is 29.5 Å². The lowest BCUT2D eigenvalue weighted by Gasteiger charge is -2.11. The van der Waals surface area contributed by atoms with Gasteiger partial charge in [-0.2, -0.15) is 0 Å². The van der Waals surface area contributed by atoms with E-state index < -0.39 is 0 Å². The summed E-state index contributed by atoms with van der Waals surface area (Å²) < 4.78 is 20.8. The molecule has 0 fully saturated rings. The molecule has 1 amide bonds. The van der Waals surface area contributed by atoms with Crippen LogP contribution in [0, 0.1) is 0 Å². The first kappa shape index (κ1) is 26.7. The molecule has 6 rings (SSSR count). The minimum atomic E-state index is 0.00112. The van der Waals surface area contributed by atoms with Crippen molar-refractivity contribution in [2.75, 3.05) is 25.3 Å². The number of nitrogens with zero attached hydrogens (tertiary/aromatic N) is 2. The predicted octanol–water partition coefficient (Wildman–Crippen LogP) is 4.89. The van der Waals surface area contributed by atoms with E-state index in [-0.39, 0.29) is 11.6 Å². The number of hydrogen-bond donors (Lipinski definition) is 2. The van der Waals surface area contributed by atoms with Gasteiger partial charge in [0.05, 0.1) is 25.6 Å². The number of rotatable bonds is 6. The van der Waals surface area contributed by atoms with Gasteiger partial charge in [-0.1, -0.05) is 22.4 Å². The fraction of sp³-hybridized carbons (Fsp3) is 0.276. The average Bonchev–Trinajstić information content (AvgIpc) is 3.61. The maximum Gasteiger partial charge on any atom is 0.211 e. The number of nitrogens with one attached hydrogen (secondary N) is 1. The van der Waals surface area contributed by atoms with Crippen LogP contribution in [0.5, 0.6) is 11.5 Å². The van der Waals surface area contributed by atoms with E-state index in [0.717, 1.165) is 47.9 Å². The topological polar surface area (TPSA) is 160 Å². The second-order valence-corrected chi connectivity index (χ2v) is 9.37. The van der Waals surface area contributed by atoms with Gasteiger partial charge in [-0.3, -0.25) is 14.4 Å². The van der Waals surface area contributed by atoms with E-state index >= 15 is 0 Å². The Morgan fingerprint density at radius 1 is 0.800 bits per heavy atom. The molecule has 40 heavy (non-hydrogen) atoms. The molecule has 11 heteroatoms. The third-order valence-electron chi connectivity index (χ3n) is 6.94. The highest BCUT2D eigenvalue weighted by atomic mass is 16.5. The average molecular weight is 545 g/mol. The van der Waals surface area contributed by atoms with E-state index in [2.05, 4.69) is 15.6 Å². The molecular formula is C29H28N4O7. The molecule has 0 aliphatic heterocycles. The Labute approximate surface area is 229 Å². The molecule has 0 saturated carbocycles. The zero-order valence-electron chi connectivity index (χ0n) is 22.1. The minimum absolute atomic E-state index is 0.00112. The van der Waals surface area contributed by atoms with Crippen LogP contribution in [0.1, 0.15) is 57.9 Å². The lowest BCUT2D eigenvalue weighted by Crippen LogP contribution is -2.08. The number of carbonyl (C=O) groups excluding carboxylic acids is 3. The Morgan fingerprint density at radius 3 is 1.85 bits per heavy atom. The number of nitrogens with two attached hydrogens (primary N) is 1. The summed E-state index contributed by atoms with van der Waals surface area (Å²) in [5.74, 6) is 1.92. The SMILES string of the molecule is COc1cc(-c2noc3c2CCCC3=O)ccc1N.COc1cc(-c2noc3c2CCCC3=O)ccc1NC=O. The summed E-state index contributed by atoms with van der Waals surface area (Å²) in [6, 6.07) is 10.7. The minimum Gasteiger partial charge on any atom is -0.495 e. The first-order valence-electron chi connectivity index (χ1n) is 12.8. The molecule has 11 nitrogen and oxygen atoms in total. The third-order valence-corrected chi connectivity index (χ3v) is 6.94. The van der Waals surface area contributed by atoms with E-state index in [0.29, 0.717) is 65.0 Å². The summed E-state index contributed by atoms with van der Waals surface area (Å²) in [6.07, 6.45) is 4.87. The van der Waals surface area contributed by atoms with Crippen molar-refractivity contribution in [3.8, 4) is 34.0 Å². The molecule has 2 aromatic carbocycles. The van der Waals surface area contributed by atoms with Crippen LogP contribution in [0.3, 0.4) is 0 Å². The Bertz CT molecular complexity index is 1590. The molecule has 0 spiro atoms. The summed E-state index contributed by atoms with van der Waals surface area (Å²) >= 11 is 0. The molecule has 4 aromatic rings. The van der Waals surface area contributed by atoms with Crippen molar-refractivity contribution in [1.29, 1.82) is 0 Å². The van der Waals surface area contributed by atoms with Crippen molar-refractivity contribution in [3.05, 3.63) is 59.0 Å². The highest BCUT2D eigenvalue weighted by molar-refractivity contribution is 5.98. The van der Waals surface area contributed by atoms with E-state index in [9.17, 15) is 14.4 Å². The number of amides is 1. The molecule has 3 N–H and O–H groups in total. The van der Waals surface area contributed by atoms with Crippen LogP contribution >= 0.6 is 0 Å². The number of fused-ring (bicyclic) bond motifs is 2. The molecule has 2 heterocycles. The predicted molar refractivity (Wildman–Crippen MR) is 146 cm³/mol. The number of nitrogen functional groups attached to an aromatic ring is 1. The maximum atomic E-state index is 11.8. The fourth-order valence-electron chi connectivity index (χ4n) is 4.93. The van der Waals surface area contributed by atoms with Crippen LogP contribution in [0.2, 0.25) is 0 Å². The smallest absolute Gasteiger partial charge is 0.211 e. The lowest BCUT2D eigenvalue weighted by molar-refractivity contribution is -0.105. The van der Waals surface area contributed by atoms with Crippen LogP contribution in [0.25, 0.3) is 22.5 Å². The zero-order valence-corrected chi connectivity index (χ0v) is 22.1. The summed E-state index contributed by atoms with van der Waals surface area (Å²) in [5.41, 5.74) is 11.7. The molecule has 0 atom stereocenters. The van der Waals surface area contributed by atoms with Gasteiger partial charge in [-0.25, -0.2) is 0 Å². The van der Waals surface area contributed by atoms with E-state index in [1.807, 2.05) is 18.2 Å². The first-order chi connectivity index (χ1) is 19.4. The Kier molecular flexibility index (Phi) is 7.63. The highest BCUT2D eigenvalue weighted by Gasteiger charge is 2.28. The molecular weight excluding hydrogens is 516 g/mol. The van der Waals surface area contributed by atoms with Gasteiger partial charge in [0.15, 0.2) is 0 Å². The molecule has 2 aromatic heterocycles. The van der Waals surface area contributed by atoms with Crippen molar-refractivity contribution < 1.29 is 32.9 Å². The Hall–Kier alpha value is -4.93. The molecule has 0 radical (unpaired) electrons. The van der Waals surface area contributed by atoms with E-state index in [4.69, 9.17) is 24.3 Å². The lowest BCUT2D eigenvalue weighted by atomic mass is 9.93. The largest absolute Gasteiger partial charge is 0.495 e. The quantitative estimate of drug-likeness (QED) is 0.253. The highest BCUT2D eigenvalue weighted by Crippen LogP contribution is 2.36. The van der Waals surface area contributed by atoms with Gasteiger partial charge < -0.3 is 29.6 Å². The van der Waals surface area contributed by atoms with Crippen LogP contribution in [0.15, 0.2) is 45.4 Å². The number of hydrogen-bond acceptors (Lipinski definition) is 10. The summed E-state index contributed by atoms with van der Waals surface area (Å²) in [7, 11) is 3.09. The number of anilines is 2. The van der Waals surface area contributed by atoms with Crippen LogP contribution in [-0.4, -0.2) is 42.5 Å². The fourth-order valence-corrected chi connectivity index (χ4v) is 4.93. The monoisotopic (exact) mass is 544 g/mol. The van der Waals surface area contributed by atoms with Crippen LogP contribution < -0.4 is 20.5 Å². The van der Waals surface area contributed by atoms with Crippen LogP contribution in [0.4, 0.5) is 11.4 Å². The van der Waals surface area contributed by atoms with Crippen molar-refractivity contribution in [2.45, 2.75) is 38.5 Å². The second-order valence-electron chi connectivity index (χ2n) is 9.37. The molecule has 2 aliphatic carbocycles. The summed E-state index contributed by atoms with van der Waals surface area (Å²) in [6.45, 7) is 0. The van der Waals surface area contributed by atoms with Crippen molar-refractivity contribution in [3.63, 3.8) is 0 Å². The number of ether oxygens (including phenoxy) is 2. The number of methoxy groups -OCH3 is 2. The molecule has 206 valence electrons.